The van der Waals surface area contributed by atoms with E-state index in [0.717, 1.165) is 0 Å². The van der Waals surface area contributed by atoms with Gasteiger partial charge in [-0.15, -0.1) is 0 Å². The molecule has 0 aliphatic rings. The molecule has 5 heteroatoms. The fourth-order valence-corrected chi connectivity index (χ4v) is 1.78. The van der Waals surface area contributed by atoms with E-state index in [0.29, 0.717) is 41.6 Å². The second kappa shape index (κ2) is 4.97. The van der Waals surface area contributed by atoms with Crippen molar-refractivity contribution >= 4 is 16.9 Å². The lowest BCUT2D eigenvalue weighted by Crippen LogP contribution is -2.03. The zero-order chi connectivity index (χ0) is 13.1. The summed E-state index contributed by atoms with van der Waals surface area (Å²) in [6, 6.07) is 11.1. The first kappa shape index (κ1) is 11.5. The number of pyridine rings is 1. The molecule has 0 bridgehead atoms. The normalized spacial score (nSPS) is 10.7. The maximum atomic E-state index is 5.79. The molecule has 0 amide bonds. The van der Waals surface area contributed by atoms with Gasteiger partial charge in [0.05, 0.1) is 18.7 Å². The molecule has 0 fully saturated rings. The summed E-state index contributed by atoms with van der Waals surface area (Å²) in [6.45, 7) is 0.459. The number of aromatic nitrogens is 2. The summed E-state index contributed by atoms with van der Waals surface area (Å²) < 4.78 is 11.1. The molecule has 0 atom stereocenters. The average Bonchev–Trinajstić information content (AvgIpc) is 2.83. The summed E-state index contributed by atoms with van der Waals surface area (Å²) in [7, 11) is 0. The molecule has 0 spiro atoms. The third kappa shape index (κ3) is 2.49. The van der Waals surface area contributed by atoms with Crippen molar-refractivity contribution in [2.45, 2.75) is 6.42 Å². The molecule has 19 heavy (non-hydrogen) atoms. The van der Waals surface area contributed by atoms with Gasteiger partial charge in [0.25, 0.3) is 0 Å². The van der Waals surface area contributed by atoms with E-state index in [1.54, 1.807) is 12.3 Å². The maximum absolute atomic E-state index is 5.79. The SMILES string of the molecule is Nc1ccccc1OCCc1nc2ncccc2o1. The van der Waals surface area contributed by atoms with Crippen LogP contribution < -0.4 is 10.5 Å². The first-order valence-corrected chi connectivity index (χ1v) is 6.00. The van der Waals surface area contributed by atoms with E-state index >= 15 is 0 Å². The van der Waals surface area contributed by atoms with Crippen LogP contribution in [0.5, 0.6) is 5.75 Å². The molecular weight excluding hydrogens is 242 g/mol. The summed E-state index contributed by atoms with van der Waals surface area (Å²) in [5.74, 6) is 1.29. The molecule has 5 nitrogen and oxygen atoms in total. The Hall–Kier alpha value is -2.56. The van der Waals surface area contributed by atoms with Crippen molar-refractivity contribution < 1.29 is 9.15 Å². The van der Waals surface area contributed by atoms with Crippen molar-refractivity contribution in [2.24, 2.45) is 0 Å². The predicted octanol–water partition coefficient (Wildman–Crippen LogP) is 2.43. The molecule has 0 saturated carbocycles. The lowest BCUT2D eigenvalue weighted by molar-refractivity contribution is 0.310. The molecule has 3 rings (SSSR count). The van der Waals surface area contributed by atoms with Gasteiger partial charge in [-0.05, 0) is 24.3 Å². The molecule has 0 aliphatic heterocycles. The summed E-state index contributed by atoms with van der Waals surface area (Å²) in [5.41, 5.74) is 7.73. The van der Waals surface area contributed by atoms with Crippen LogP contribution in [0.4, 0.5) is 5.69 Å². The van der Waals surface area contributed by atoms with Crippen molar-refractivity contribution in [1.29, 1.82) is 0 Å². The number of para-hydroxylation sites is 2. The first-order valence-electron chi connectivity index (χ1n) is 6.00. The minimum atomic E-state index is 0.459. The molecule has 2 heterocycles. The van der Waals surface area contributed by atoms with Gasteiger partial charge < -0.3 is 14.9 Å². The highest BCUT2D eigenvalue weighted by molar-refractivity contribution is 5.66. The predicted molar refractivity (Wildman–Crippen MR) is 71.9 cm³/mol. The Labute approximate surface area is 110 Å². The number of nitrogens with two attached hydrogens (primary N) is 1. The van der Waals surface area contributed by atoms with Gasteiger partial charge >= 0.3 is 0 Å². The van der Waals surface area contributed by atoms with Gasteiger partial charge in [0.1, 0.15) is 5.75 Å². The van der Waals surface area contributed by atoms with E-state index in [1.807, 2.05) is 30.3 Å². The van der Waals surface area contributed by atoms with Gasteiger partial charge in [0, 0.05) is 6.20 Å². The third-order valence-corrected chi connectivity index (χ3v) is 2.70. The molecule has 0 aliphatic carbocycles. The monoisotopic (exact) mass is 255 g/mol. The summed E-state index contributed by atoms with van der Waals surface area (Å²) in [4.78, 5) is 8.39. The van der Waals surface area contributed by atoms with Crippen molar-refractivity contribution in [3.63, 3.8) is 0 Å². The number of hydrogen-bond donors (Lipinski definition) is 1. The molecule has 0 saturated heterocycles. The summed E-state index contributed by atoms with van der Waals surface area (Å²) >= 11 is 0. The number of rotatable bonds is 4. The Morgan fingerprint density at radius 1 is 1.16 bits per heavy atom. The Kier molecular flexibility index (Phi) is 3.02. The number of benzene rings is 1. The maximum Gasteiger partial charge on any atom is 0.200 e. The molecule has 3 aromatic rings. The van der Waals surface area contributed by atoms with E-state index in [9.17, 15) is 0 Å². The molecule has 1 aromatic carbocycles. The van der Waals surface area contributed by atoms with Gasteiger partial charge in [0.15, 0.2) is 17.1 Å². The van der Waals surface area contributed by atoms with E-state index in [1.165, 1.54) is 0 Å². The highest BCUT2D eigenvalue weighted by Gasteiger charge is 2.06. The number of nitrogen functional groups attached to an aromatic ring is 1. The van der Waals surface area contributed by atoms with Gasteiger partial charge in [-0.1, -0.05) is 12.1 Å². The van der Waals surface area contributed by atoms with Gasteiger partial charge in [-0.3, -0.25) is 0 Å². The Morgan fingerprint density at radius 3 is 2.89 bits per heavy atom. The average molecular weight is 255 g/mol. The van der Waals surface area contributed by atoms with Crippen LogP contribution in [0.25, 0.3) is 11.2 Å². The number of fused-ring (bicyclic) bond motifs is 1. The molecule has 0 unspecified atom stereocenters. The van der Waals surface area contributed by atoms with Crippen LogP contribution in [-0.2, 0) is 6.42 Å². The fraction of sp³-hybridized carbons (Fsp3) is 0.143. The van der Waals surface area contributed by atoms with Crippen molar-refractivity contribution in [2.75, 3.05) is 12.3 Å². The zero-order valence-electron chi connectivity index (χ0n) is 10.2. The number of hydrogen-bond acceptors (Lipinski definition) is 5. The molecule has 2 aromatic heterocycles. The summed E-state index contributed by atoms with van der Waals surface area (Å²) in [5, 5.41) is 0. The van der Waals surface area contributed by atoms with Crippen LogP contribution in [0.2, 0.25) is 0 Å². The summed E-state index contributed by atoms with van der Waals surface area (Å²) in [6.07, 6.45) is 2.26. The standard InChI is InChI=1S/C14H13N3O2/c15-10-4-1-2-5-11(10)18-9-7-13-17-14-12(19-13)6-3-8-16-14/h1-6,8H,7,9,15H2. The second-order valence-electron chi connectivity index (χ2n) is 4.07. The number of ether oxygens (including phenoxy) is 1. The van der Waals surface area contributed by atoms with Gasteiger partial charge in [-0.2, -0.15) is 4.98 Å². The Bertz CT molecular complexity index is 661. The lowest BCUT2D eigenvalue weighted by atomic mass is 10.3. The number of nitrogens with zero attached hydrogens (tertiary/aromatic N) is 2. The van der Waals surface area contributed by atoms with Crippen LogP contribution in [-0.4, -0.2) is 16.6 Å². The molecular formula is C14H13N3O2. The van der Waals surface area contributed by atoms with Crippen LogP contribution in [0.15, 0.2) is 47.0 Å². The van der Waals surface area contributed by atoms with Crippen LogP contribution in [0.1, 0.15) is 5.89 Å². The number of anilines is 1. The molecule has 96 valence electrons. The van der Waals surface area contributed by atoms with E-state index < -0.39 is 0 Å². The van der Waals surface area contributed by atoms with Crippen LogP contribution >= 0.6 is 0 Å². The highest BCUT2D eigenvalue weighted by Crippen LogP contribution is 2.20. The number of oxazole rings is 1. The van der Waals surface area contributed by atoms with Crippen molar-refractivity contribution in [3.05, 3.63) is 48.5 Å². The first-order chi connectivity index (χ1) is 9.33. The fourth-order valence-electron chi connectivity index (χ4n) is 1.78. The highest BCUT2D eigenvalue weighted by atomic mass is 16.5. The van der Waals surface area contributed by atoms with E-state index in [4.69, 9.17) is 14.9 Å². The van der Waals surface area contributed by atoms with Crippen LogP contribution in [0, 0.1) is 0 Å². The Morgan fingerprint density at radius 2 is 2.05 bits per heavy atom. The minimum absolute atomic E-state index is 0.459. The molecule has 0 radical (unpaired) electrons. The minimum Gasteiger partial charge on any atom is -0.491 e. The third-order valence-electron chi connectivity index (χ3n) is 2.70. The van der Waals surface area contributed by atoms with Crippen molar-refractivity contribution in [1.82, 2.24) is 9.97 Å². The smallest absolute Gasteiger partial charge is 0.200 e. The zero-order valence-corrected chi connectivity index (χ0v) is 10.2. The van der Waals surface area contributed by atoms with E-state index in [-0.39, 0.29) is 0 Å². The molecule has 2 N–H and O–H groups in total. The topological polar surface area (TPSA) is 74.2 Å². The second-order valence-corrected chi connectivity index (χ2v) is 4.07. The van der Waals surface area contributed by atoms with Gasteiger partial charge in [0.2, 0.25) is 0 Å². The van der Waals surface area contributed by atoms with Gasteiger partial charge in [-0.25, -0.2) is 4.98 Å². The lowest BCUT2D eigenvalue weighted by Gasteiger charge is -2.06. The largest absolute Gasteiger partial charge is 0.491 e. The van der Waals surface area contributed by atoms with Crippen LogP contribution in [0.3, 0.4) is 0 Å². The Balaban J connectivity index is 1.65. The van der Waals surface area contributed by atoms with E-state index in [2.05, 4.69) is 9.97 Å². The van der Waals surface area contributed by atoms with Crippen molar-refractivity contribution in [3.8, 4) is 5.75 Å². The quantitative estimate of drug-likeness (QED) is 0.725.